The summed E-state index contributed by atoms with van der Waals surface area (Å²) in [6.07, 6.45) is 1.05. The fraction of sp³-hybridized carbons (Fsp3) is 0.923. The SMILES string of the molecule is CC(C)OCCC(C)(C)OCC(=O)C(C)C. The lowest BCUT2D eigenvalue weighted by molar-refractivity contribution is -0.133. The van der Waals surface area contributed by atoms with Crippen LogP contribution in [0.5, 0.6) is 0 Å². The molecule has 0 saturated heterocycles. The van der Waals surface area contributed by atoms with Crippen molar-refractivity contribution in [2.75, 3.05) is 13.2 Å². The summed E-state index contributed by atoms with van der Waals surface area (Å²) >= 11 is 0. The summed E-state index contributed by atoms with van der Waals surface area (Å²) in [4.78, 5) is 11.4. The van der Waals surface area contributed by atoms with Gasteiger partial charge in [-0.25, -0.2) is 0 Å². The highest BCUT2D eigenvalue weighted by Crippen LogP contribution is 2.15. The third-order valence-electron chi connectivity index (χ3n) is 2.40. The normalized spacial score (nSPS) is 12.5. The number of Topliss-reactive ketones (excluding diaryl/α,β-unsaturated/α-hetero) is 1. The molecule has 0 amide bonds. The van der Waals surface area contributed by atoms with Crippen LogP contribution in [0.15, 0.2) is 0 Å². The number of ether oxygens (including phenoxy) is 2. The number of carbonyl (C=O) groups excluding carboxylic acids is 1. The van der Waals surface area contributed by atoms with E-state index in [0.29, 0.717) is 6.61 Å². The Kier molecular flexibility index (Phi) is 6.84. The fourth-order valence-corrected chi connectivity index (χ4v) is 1.05. The van der Waals surface area contributed by atoms with Crippen LogP contribution in [0.3, 0.4) is 0 Å². The maximum atomic E-state index is 11.4. The Hall–Kier alpha value is -0.410. The predicted molar refractivity (Wildman–Crippen MR) is 65.6 cm³/mol. The molecule has 0 unspecified atom stereocenters. The van der Waals surface area contributed by atoms with Crippen molar-refractivity contribution in [1.82, 2.24) is 0 Å². The summed E-state index contributed by atoms with van der Waals surface area (Å²) < 4.78 is 11.1. The Morgan fingerprint density at radius 3 is 2.19 bits per heavy atom. The lowest BCUT2D eigenvalue weighted by atomic mass is 10.1. The first-order valence-electron chi connectivity index (χ1n) is 6.03. The van der Waals surface area contributed by atoms with Gasteiger partial charge in [0, 0.05) is 12.5 Å². The van der Waals surface area contributed by atoms with Gasteiger partial charge in [0.25, 0.3) is 0 Å². The Morgan fingerprint density at radius 2 is 1.75 bits per heavy atom. The molecule has 0 atom stereocenters. The third kappa shape index (κ3) is 7.83. The molecule has 0 heterocycles. The van der Waals surface area contributed by atoms with Crippen molar-refractivity contribution in [1.29, 1.82) is 0 Å². The summed E-state index contributed by atoms with van der Waals surface area (Å²) in [6.45, 7) is 12.6. The van der Waals surface area contributed by atoms with E-state index in [1.807, 2.05) is 41.5 Å². The molecule has 0 saturated carbocycles. The molecule has 0 N–H and O–H groups in total. The molecule has 0 fully saturated rings. The van der Waals surface area contributed by atoms with Crippen LogP contribution in [0.4, 0.5) is 0 Å². The van der Waals surface area contributed by atoms with E-state index in [0.717, 1.165) is 6.42 Å². The molecule has 0 spiro atoms. The minimum Gasteiger partial charge on any atom is -0.379 e. The number of hydrogen-bond acceptors (Lipinski definition) is 3. The second-order valence-corrected chi connectivity index (χ2v) is 5.34. The van der Waals surface area contributed by atoms with E-state index in [9.17, 15) is 4.79 Å². The van der Waals surface area contributed by atoms with Gasteiger partial charge in [-0.1, -0.05) is 13.8 Å². The summed E-state index contributed by atoms with van der Waals surface area (Å²) in [5.41, 5.74) is -0.292. The molecule has 0 radical (unpaired) electrons. The van der Waals surface area contributed by atoms with E-state index in [2.05, 4.69) is 0 Å². The summed E-state index contributed by atoms with van der Waals surface area (Å²) in [6, 6.07) is 0. The summed E-state index contributed by atoms with van der Waals surface area (Å²) in [7, 11) is 0. The second-order valence-electron chi connectivity index (χ2n) is 5.34. The highest BCUT2D eigenvalue weighted by molar-refractivity contribution is 5.81. The van der Waals surface area contributed by atoms with Crippen LogP contribution in [0.25, 0.3) is 0 Å². The van der Waals surface area contributed by atoms with Crippen LogP contribution in [0.2, 0.25) is 0 Å². The van der Waals surface area contributed by atoms with Crippen LogP contribution in [0.1, 0.15) is 48.0 Å². The van der Waals surface area contributed by atoms with Gasteiger partial charge in [-0.3, -0.25) is 4.79 Å². The first kappa shape index (κ1) is 15.6. The number of rotatable bonds is 8. The molecular weight excluding hydrogens is 204 g/mol. The van der Waals surface area contributed by atoms with Crippen LogP contribution < -0.4 is 0 Å². The summed E-state index contributed by atoms with van der Waals surface area (Å²) in [5.74, 6) is 0.195. The molecule has 0 aliphatic carbocycles. The molecule has 0 aromatic heterocycles. The Bertz CT molecular complexity index is 207. The predicted octanol–water partition coefficient (Wildman–Crippen LogP) is 2.82. The molecule has 0 aliphatic heterocycles. The lowest BCUT2D eigenvalue weighted by Gasteiger charge is -2.25. The minimum absolute atomic E-state index is 0.0442. The fourth-order valence-electron chi connectivity index (χ4n) is 1.05. The van der Waals surface area contributed by atoms with Crippen molar-refractivity contribution in [3.8, 4) is 0 Å². The number of carbonyl (C=O) groups is 1. The van der Waals surface area contributed by atoms with Crippen LogP contribution in [-0.4, -0.2) is 30.7 Å². The Morgan fingerprint density at radius 1 is 1.19 bits per heavy atom. The van der Waals surface area contributed by atoms with E-state index in [1.165, 1.54) is 0 Å². The molecular formula is C13H26O3. The van der Waals surface area contributed by atoms with Gasteiger partial charge in [-0.05, 0) is 34.1 Å². The second kappa shape index (κ2) is 7.02. The number of ketones is 1. The molecule has 0 aromatic carbocycles. The van der Waals surface area contributed by atoms with Crippen LogP contribution >= 0.6 is 0 Å². The molecule has 3 nitrogen and oxygen atoms in total. The van der Waals surface area contributed by atoms with E-state index >= 15 is 0 Å². The summed E-state index contributed by atoms with van der Waals surface area (Å²) in [5, 5.41) is 0. The van der Waals surface area contributed by atoms with Crippen molar-refractivity contribution >= 4 is 5.78 Å². The number of hydrogen-bond donors (Lipinski definition) is 0. The highest BCUT2D eigenvalue weighted by atomic mass is 16.5. The zero-order valence-corrected chi connectivity index (χ0v) is 11.5. The van der Waals surface area contributed by atoms with Gasteiger partial charge in [0.2, 0.25) is 0 Å². The van der Waals surface area contributed by atoms with E-state index in [4.69, 9.17) is 9.47 Å². The Labute approximate surface area is 99.5 Å². The minimum atomic E-state index is -0.292. The zero-order chi connectivity index (χ0) is 12.8. The maximum absolute atomic E-state index is 11.4. The monoisotopic (exact) mass is 230 g/mol. The molecule has 3 heteroatoms. The van der Waals surface area contributed by atoms with Gasteiger partial charge < -0.3 is 9.47 Å². The van der Waals surface area contributed by atoms with Crippen LogP contribution in [-0.2, 0) is 14.3 Å². The average molecular weight is 230 g/mol. The first-order chi connectivity index (χ1) is 7.24. The van der Waals surface area contributed by atoms with Crippen LogP contribution in [0, 0.1) is 5.92 Å². The van der Waals surface area contributed by atoms with Gasteiger partial charge in [0.05, 0.1) is 11.7 Å². The quantitative estimate of drug-likeness (QED) is 0.643. The molecule has 96 valence electrons. The smallest absolute Gasteiger partial charge is 0.161 e. The molecule has 0 aliphatic rings. The zero-order valence-electron chi connectivity index (χ0n) is 11.5. The van der Waals surface area contributed by atoms with Gasteiger partial charge >= 0.3 is 0 Å². The van der Waals surface area contributed by atoms with E-state index < -0.39 is 0 Å². The van der Waals surface area contributed by atoms with Gasteiger partial charge in [-0.2, -0.15) is 0 Å². The molecule has 0 aromatic rings. The largest absolute Gasteiger partial charge is 0.379 e. The van der Waals surface area contributed by atoms with E-state index in [1.54, 1.807) is 0 Å². The Balaban J connectivity index is 3.82. The maximum Gasteiger partial charge on any atom is 0.161 e. The molecule has 16 heavy (non-hydrogen) atoms. The van der Waals surface area contributed by atoms with Gasteiger partial charge in [-0.15, -0.1) is 0 Å². The lowest BCUT2D eigenvalue weighted by Crippen LogP contribution is -2.30. The average Bonchev–Trinajstić information content (AvgIpc) is 2.13. The van der Waals surface area contributed by atoms with E-state index in [-0.39, 0.29) is 30.0 Å². The highest BCUT2D eigenvalue weighted by Gasteiger charge is 2.20. The van der Waals surface area contributed by atoms with Crippen molar-refractivity contribution in [2.24, 2.45) is 5.92 Å². The topological polar surface area (TPSA) is 35.5 Å². The third-order valence-corrected chi connectivity index (χ3v) is 2.40. The first-order valence-corrected chi connectivity index (χ1v) is 6.03. The standard InChI is InChI=1S/C13H26O3/c1-10(2)12(14)9-16-13(5,6)7-8-15-11(3)4/h10-11H,7-9H2,1-6H3. The van der Waals surface area contributed by atoms with Gasteiger partial charge in [0.1, 0.15) is 6.61 Å². The van der Waals surface area contributed by atoms with Crippen molar-refractivity contribution < 1.29 is 14.3 Å². The molecule has 0 bridgehead atoms. The van der Waals surface area contributed by atoms with Crippen molar-refractivity contribution in [2.45, 2.75) is 59.7 Å². The van der Waals surface area contributed by atoms with Crippen molar-refractivity contribution in [3.05, 3.63) is 0 Å². The molecule has 0 rings (SSSR count). The van der Waals surface area contributed by atoms with Crippen molar-refractivity contribution in [3.63, 3.8) is 0 Å². The van der Waals surface area contributed by atoms with Gasteiger partial charge in [0.15, 0.2) is 5.78 Å².